The number of thiazole rings is 1. The molecule has 2 atom stereocenters. The molecule has 1 amide bonds. The Labute approximate surface area is 149 Å². The molecule has 2 fully saturated rings. The maximum Gasteiger partial charge on any atom is 0.265 e. The first-order chi connectivity index (χ1) is 11.4. The minimum absolute atomic E-state index is 0.161. The molecular weight excluding hydrogens is 322 g/mol. The third kappa shape index (κ3) is 3.24. The monoisotopic (exact) mass is 351 g/mol. The topological polar surface area (TPSA) is 45.7 Å². The Morgan fingerprint density at radius 1 is 1.29 bits per heavy atom. The number of carbonyl (C=O) groups is 1. The number of aromatic nitrogens is 1. The van der Waals surface area contributed by atoms with E-state index in [2.05, 4.69) is 23.7 Å². The fourth-order valence-corrected chi connectivity index (χ4v) is 5.06. The zero-order valence-electron chi connectivity index (χ0n) is 15.4. The Hall–Kier alpha value is -0.980. The van der Waals surface area contributed by atoms with Gasteiger partial charge in [0, 0.05) is 38.8 Å². The van der Waals surface area contributed by atoms with Crippen molar-refractivity contribution in [2.24, 2.45) is 5.92 Å². The van der Waals surface area contributed by atoms with Crippen molar-refractivity contribution in [2.75, 3.05) is 26.7 Å². The van der Waals surface area contributed by atoms with Gasteiger partial charge in [-0.25, -0.2) is 4.98 Å². The number of nitrogens with zero attached hydrogens (tertiary/aromatic N) is 3. The molecular formula is C18H29N3O2S. The van der Waals surface area contributed by atoms with E-state index in [-0.39, 0.29) is 5.91 Å². The van der Waals surface area contributed by atoms with Crippen molar-refractivity contribution in [3.05, 3.63) is 15.6 Å². The van der Waals surface area contributed by atoms with Crippen molar-refractivity contribution < 1.29 is 9.53 Å². The molecule has 24 heavy (non-hydrogen) atoms. The van der Waals surface area contributed by atoms with E-state index in [0.29, 0.717) is 24.1 Å². The lowest BCUT2D eigenvalue weighted by atomic mass is 9.79. The highest BCUT2D eigenvalue weighted by Gasteiger charge is 2.46. The number of likely N-dealkylation sites (tertiary alicyclic amines) is 2. The van der Waals surface area contributed by atoms with E-state index in [1.54, 1.807) is 0 Å². The van der Waals surface area contributed by atoms with E-state index < -0.39 is 0 Å². The average Bonchev–Trinajstić information content (AvgIpc) is 2.85. The lowest BCUT2D eigenvalue weighted by Gasteiger charge is -2.54. The van der Waals surface area contributed by atoms with Crippen molar-refractivity contribution in [3.8, 4) is 0 Å². The summed E-state index contributed by atoms with van der Waals surface area (Å²) in [5.74, 6) is 0.786. The normalized spacial score (nSPS) is 26.0. The summed E-state index contributed by atoms with van der Waals surface area (Å²) in [7, 11) is 1.82. The molecule has 0 bridgehead atoms. The number of carbonyl (C=O) groups excluding carboxylic acids is 1. The molecule has 0 aliphatic carbocycles. The van der Waals surface area contributed by atoms with Gasteiger partial charge in [0.15, 0.2) is 0 Å². The van der Waals surface area contributed by atoms with E-state index in [1.165, 1.54) is 11.3 Å². The van der Waals surface area contributed by atoms with E-state index in [0.717, 1.165) is 48.1 Å². The summed E-state index contributed by atoms with van der Waals surface area (Å²) in [5, 5.41) is 0.968. The first-order valence-electron chi connectivity index (χ1n) is 8.94. The third-order valence-corrected chi connectivity index (χ3v) is 6.59. The molecule has 0 radical (unpaired) electrons. The van der Waals surface area contributed by atoms with E-state index >= 15 is 0 Å². The van der Waals surface area contributed by atoms with Crippen molar-refractivity contribution in [2.45, 2.75) is 58.7 Å². The second-order valence-corrected chi connectivity index (χ2v) is 8.54. The summed E-state index contributed by atoms with van der Waals surface area (Å²) in [6, 6.07) is 1.07. The summed E-state index contributed by atoms with van der Waals surface area (Å²) in [6.07, 6.45) is 2.48. The van der Waals surface area contributed by atoms with Crippen LogP contribution in [0.2, 0.25) is 0 Å². The average molecular weight is 352 g/mol. The van der Waals surface area contributed by atoms with Gasteiger partial charge in [-0.2, -0.15) is 0 Å². The van der Waals surface area contributed by atoms with Crippen molar-refractivity contribution in [1.82, 2.24) is 14.8 Å². The molecule has 2 aliphatic rings. The van der Waals surface area contributed by atoms with Gasteiger partial charge in [-0.1, -0.05) is 0 Å². The van der Waals surface area contributed by atoms with Crippen LogP contribution in [0.3, 0.4) is 0 Å². The first kappa shape index (κ1) is 17.8. The van der Waals surface area contributed by atoms with Crippen LogP contribution in [0, 0.1) is 19.8 Å². The Kier molecular flexibility index (Phi) is 5.27. The van der Waals surface area contributed by atoms with Gasteiger partial charge in [0.2, 0.25) is 0 Å². The molecule has 2 aliphatic heterocycles. The number of methoxy groups -OCH3 is 1. The van der Waals surface area contributed by atoms with Crippen LogP contribution in [0.25, 0.3) is 0 Å². The van der Waals surface area contributed by atoms with E-state index in [9.17, 15) is 4.79 Å². The van der Waals surface area contributed by atoms with Gasteiger partial charge in [-0.05, 0) is 46.5 Å². The highest BCUT2D eigenvalue weighted by atomic mass is 32.1. The standard InChI is InChI=1S/C18H29N3O2S/c1-11(2)21-10-15(23-5)16(21)14-6-8-20(9-7-14)18(22)17-12(3)19-13(4)24-17/h11,14-16H,6-10H2,1-5H3/t15-,16-/m0/s1. The van der Waals surface area contributed by atoms with Crippen molar-refractivity contribution in [1.29, 1.82) is 0 Å². The Morgan fingerprint density at radius 3 is 2.46 bits per heavy atom. The number of hydrogen-bond donors (Lipinski definition) is 0. The maximum absolute atomic E-state index is 12.7. The van der Waals surface area contributed by atoms with Crippen molar-refractivity contribution >= 4 is 17.2 Å². The molecule has 1 aromatic heterocycles. The summed E-state index contributed by atoms with van der Waals surface area (Å²) >= 11 is 1.52. The smallest absolute Gasteiger partial charge is 0.265 e. The largest absolute Gasteiger partial charge is 0.378 e. The molecule has 3 rings (SSSR count). The van der Waals surface area contributed by atoms with Crippen LogP contribution in [-0.2, 0) is 4.74 Å². The van der Waals surface area contributed by atoms with Gasteiger partial charge >= 0.3 is 0 Å². The first-order valence-corrected chi connectivity index (χ1v) is 9.75. The molecule has 5 nitrogen and oxygen atoms in total. The van der Waals surface area contributed by atoms with Gasteiger partial charge < -0.3 is 9.64 Å². The zero-order valence-corrected chi connectivity index (χ0v) is 16.2. The molecule has 6 heteroatoms. The van der Waals surface area contributed by atoms with Gasteiger partial charge in [0.1, 0.15) is 4.88 Å². The number of aryl methyl sites for hydroxylation is 2. The summed E-state index contributed by atoms with van der Waals surface area (Å²) in [4.78, 5) is 22.5. The van der Waals surface area contributed by atoms with Gasteiger partial charge in [0.05, 0.1) is 16.8 Å². The van der Waals surface area contributed by atoms with Crippen molar-refractivity contribution in [3.63, 3.8) is 0 Å². The molecule has 0 saturated carbocycles. The second kappa shape index (κ2) is 7.10. The molecule has 134 valence electrons. The third-order valence-electron chi connectivity index (χ3n) is 5.53. The van der Waals surface area contributed by atoms with Gasteiger partial charge in [0.25, 0.3) is 5.91 Å². The maximum atomic E-state index is 12.7. The van der Waals surface area contributed by atoms with Gasteiger partial charge in [-0.3, -0.25) is 9.69 Å². The quantitative estimate of drug-likeness (QED) is 0.837. The van der Waals surface area contributed by atoms with E-state index in [4.69, 9.17) is 4.74 Å². The predicted octanol–water partition coefficient (Wildman–Crippen LogP) is 2.72. The number of amides is 1. The highest BCUT2D eigenvalue weighted by Crippen LogP contribution is 2.35. The van der Waals surface area contributed by atoms with Crippen LogP contribution in [0.1, 0.15) is 47.1 Å². The molecule has 3 heterocycles. The SMILES string of the molecule is CO[C@H]1CN(C(C)C)[C@H]1C1CCN(C(=O)c2sc(C)nc2C)CC1. The summed E-state index contributed by atoms with van der Waals surface area (Å²) in [6.45, 7) is 11.1. The van der Waals surface area contributed by atoms with Crippen LogP contribution in [0.4, 0.5) is 0 Å². The lowest BCUT2D eigenvalue weighted by molar-refractivity contribution is -0.128. The van der Waals surface area contributed by atoms with Crippen LogP contribution >= 0.6 is 11.3 Å². The van der Waals surface area contributed by atoms with Crippen LogP contribution in [0.5, 0.6) is 0 Å². The summed E-state index contributed by atoms with van der Waals surface area (Å²) in [5.41, 5.74) is 0.869. The van der Waals surface area contributed by atoms with E-state index in [1.807, 2.05) is 25.9 Å². The molecule has 2 saturated heterocycles. The molecule has 0 spiro atoms. The van der Waals surface area contributed by atoms with Gasteiger partial charge in [-0.15, -0.1) is 11.3 Å². The molecule has 0 unspecified atom stereocenters. The fraction of sp³-hybridized carbons (Fsp3) is 0.778. The highest BCUT2D eigenvalue weighted by molar-refractivity contribution is 7.13. The second-order valence-electron chi connectivity index (χ2n) is 7.33. The minimum atomic E-state index is 0.161. The Bertz CT molecular complexity index is 593. The molecule has 0 aromatic carbocycles. The molecule has 1 aromatic rings. The van der Waals surface area contributed by atoms with Crippen LogP contribution in [0.15, 0.2) is 0 Å². The Balaban J connectivity index is 1.61. The number of ether oxygens (including phenoxy) is 1. The number of hydrogen-bond acceptors (Lipinski definition) is 5. The number of piperidine rings is 1. The predicted molar refractivity (Wildman–Crippen MR) is 96.6 cm³/mol. The zero-order chi connectivity index (χ0) is 17.4. The van der Waals surface area contributed by atoms with Crippen LogP contribution in [-0.4, -0.2) is 65.6 Å². The summed E-state index contributed by atoms with van der Waals surface area (Å²) < 4.78 is 5.67. The molecule has 0 N–H and O–H groups in total. The minimum Gasteiger partial charge on any atom is -0.378 e. The lowest BCUT2D eigenvalue weighted by Crippen LogP contribution is -2.66. The number of rotatable bonds is 4. The Morgan fingerprint density at radius 2 is 1.96 bits per heavy atom. The fourth-order valence-electron chi connectivity index (χ4n) is 4.17. The van der Waals surface area contributed by atoms with Crippen LogP contribution < -0.4 is 0 Å².